The molecule has 2 aromatic carbocycles. The van der Waals surface area contributed by atoms with Crippen LogP contribution in [0.5, 0.6) is 11.5 Å². The first-order valence-electron chi connectivity index (χ1n) is 7.16. The SMILES string of the molecule is Cc1c(Cl)cccc1NC(=O)/C(C#N)=C/c1ccc2c(c1)OCO2. The van der Waals surface area contributed by atoms with Crippen molar-refractivity contribution in [3.05, 3.63) is 58.1 Å². The minimum Gasteiger partial charge on any atom is -0.454 e. The van der Waals surface area contributed by atoms with Crippen molar-refractivity contribution >= 4 is 29.3 Å². The van der Waals surface area contributed by atoms with Gasteiger partial charge >= 0.3 is 0 Å². The third-order valence-electron chi connectivity index (χ3n) is 3.59. The molecule has 0 saturated carbocycles. The maximum absolute atomic E-state index is 12.3. The van der Waals surface area contributed by atoms with E-state index in [1.54, 1.807) is 43.3 Å². The first kappa shape index (κ1) is 15.9. The van der Waals surface area contributed by atoms with Crippen molar-refractivity contribution in [2.75, 3.05) is 12.1 Å². The molecule has 0 aliphatic carbocycles. The molecule has 120 valence electrons. The molecule has 1 amide bonds. The average molecular weight is 341 g/mol. The van der Waals surface area contributed by atoms with Crippen LogP contribution in [-0.4, -0.2) is 12.7 Å². The largest absolute Gasteiger partial charge is 0.454 e. The number of benzene rings is 2. The van der Waals surface area contributed by atoms with E-state index in [1.807, 2.05) is 6.07 Å². The van der Waals surface area contributed by atoms with Gasteiger partial charge in [-0.2, -0.15) is 5.26 Å². The molecule has 0 spiro atoms. The number of hydrogen-bond donors (Lipinski definition) is 1. The lowest BCUT2D eigenvalue weighted by molar-refractivity contribution is -0.112. The number of carbonyl (C=O) groups is 1. The summed E-state index contributed by atoms with van der Waals surface area (Å²) in [6.07, 6.45) is 1.50. The molecule has 1 aliphatic heterocycles. The van der Waals surface area contributed by atoms with Gasteiger partial charge in [0, 0.05) is 10.7 Å². The zero-order valence-corrected chi connectivity index (χ0v) is 13.6. The molecule has 1 N–H and O–H groups in total. The number of nitrogens with one attached hydrogen (secondary N) is 1. The summed E-state index contributed by atoms with van der Waals surface area (Å²) in [4.78, 5) is 12.3. The van der Waals surface area contributed by atoms with Crippen molar-refractivity contribution in [2.45, 2.75) is 6.92 Å². The Labute approximate surface area is 144 Å². The Morgan fingerprint density at radius 2 is 2.08 bits per heavy atom. The fraction of sp³-hybridized carbons (Fsp3) is 0.111. The number of carbonyl (C=O) groups excluding carboxylic acids is 1. The molecule has 24 heavy (non-hydrogen) atoms. The number of hydrogen-bond acceptors (Lipinski definition) is 4. The molecule has 0 bridgehead atoms. The van der Waals surface area contributed by atoms with Gasteiger partial charge in [-0.15, -0.1) is 0 Å². The topological polar surface area (TPSA) is 71.4 Å². The second-order valence-corrected chi connectivity index (χ2v) is 5.56. The van der Waals surface area contributed by atoms with Gasteiger partial charge in [-0.1, -0.05) is 23.7 Å². The van der Waals surface area contributed by atoms with E-state index in [4.69, 9.17) is 21.1 Å². The summed E-state index contributed by atoms with van der Waals surface area (Å²) in [7, 11) is 0. The van der Waals surface area contributed by atoms with E-state index in [-0.39, 0.29) is 12.4 Å². The summed E-state index contributed by atoms with van der Waals surface area (Å²) in [6, 6.07) is 12.3. The third-order valence-corrected chi connectivity index (χ3v) is 4.00. The number of amides is 1. The number of halogens is 1. The molecule has 0 saturated heterocycles. The first-order chi connectivity index (χ1) is 11.6. The molecule has 2 aromatic rings. The lowest BCUT2D eigenvalue weighted by atomic mass is 10.1. The Morgan fingerprint density at radius 3 is 2.88 bits per heavy atom. The molecule has 5 nitrogen and oxygen atoms in total. The molecule has 3 rings (SSSR count). The third kappa shape index (κ3) is 3.19. The quantitative estimate of drug-likeness (QED) is 0.679. The number of anilines is 1. The van der Waals surface area contributed by atoms with E-state index in [0.29, 0.717) is 27.8 Å². The van der Waals surface area contributed by atoms with E-state index in [9.17, 15) is 10.1 Å². The van der Waals surface area contributed by atoms with Crippen LogP contribution in [0, 0.1) is 18.3 Å². The summed E-state index contributed by atoms with van der Waals surface area (Å²) in [5.41, 5.74) is 1.97. The van der Waals surface area contributed by atoms with E-state index in [2.05, 4.69) is 5.32 Å². The predicted octanol–water partition coefficient (Wildman–Crippen LogP) is 3.92. The van der Waals surface area contributed by atoms with Crippen molar-refractivity contribution in [1.29, 1.82) is 5.26 Å². The summed E-state index contributed by atoms with van der Waals surface area (Å²) < 4.78 is 10.5. The second-order valence-electron chi connectivity index (χ2n) is 5.15. The molecule has 0 fully saturated rings. The van der Waals surface area contributed by atoms with Crippen LogP contribution < -0.4 is 14.8 Å². The summed E-state index contributed by atoms with van der Waals surface area (Å²) >= 11 is 6.04. The summed E-state index contributed by atoms with van der Waals surface area (Å²) in [6.45, 7) is 1.97. The number of rotatable bonds is 3. The van der Waals surface area contributed by atoms with E-state index in [0.717, 1.165) is 5.56 Å². The Kier molecular flexibility index (Phi) is 4.41. The zero-order chi connectivity index (χ0) is 17.1. The van der Waals surface area contributed by atoms with Gasteiger partial charge in [-0.05, 0) is 48.4 Å². The molecule has 1 heterocycles. The Bertz CT molecular complexity index is 884. The molecule has 0 atom stereocenters. The Hall–Kier alpha value is -2.97. The van der Waals surface area contributed by atoms with Crippen molar-refractivity contribution in [1.82, 2.24) is 0 Å². The zero-order valence-electron chi connectivity index (χ0n) is 12.8. The normalized spacial score (nSPS) is 12.6. The fourth-order valence-electron chi connectivity index (χ4n) is 2.25. The molecule has 0 radical (unpaired) electrons. The minimum absolute atomic E-state index is 0.0201. The van der Waals surface area contributed by atoms with Gasteiger partial charge in [0.25, 0.3) is 5.91 Å². The molecule has 0 unspecified atom stereocenters. The highest BCUT2D eigenvalue weighted by molar-refractivity contribution is 6.31. The van der Waals surface area contributed by atoms with Crippen molar-refractivity contribution < 1.29 is 14.3 Å². The van der Waals surface area contributed by atoms with Crippen molar-refractivity contribution in [3.63, 3.8) is 0 Å². The van der Waals surface area contributed by atoms with Crippen molar-refractivity contribution in [2.24, 2.45) is 0 Å². The Morgan fingerprint density at radius 1 is 1.29 bits per heavy atom. The van der Waals surface area contributed by atoms with Crippen LogP contribution in [0.1, 0.15) is 11.1 Å². The van der Waals surface area contributed by atoms with Crippen molar-refractivity contribution in [3.8, 4) is 17.6 Å². The average Bonchev–Trinajstić information content (AvgIpc) is 3.04. The summed E-state index contributed by atoms with van der Waals surface area (Å²) in [5.74, 6) is 0.734. The first-order valence-corrected chi connectivity index (χ1v) is 7.54. The van der Waals surface area contributed by atoms with Gasteiger partial charge in [-0.3, -0.25) is 4.79 Å². The lowest BCUT2D eigenvalue weighted by Crippen LogP contribution is -2.14. The van der Waals surface area contributed by atoms with Gasteiger partial charge in [0.05, 0.1) is 0 Å². The smallest absolute Gasteiger partial charge is 0.266 e. The number of nitrogens with zero attached hydrogens (tertiary/aromatic N) is 1. The Balaban J connectivity index is 1.84. The standard InChI is InChI=1S/C18H13ClN2O3/c1-11-14(19)3-2-4-15(11)21-18(22)13(9-20)7-12-5-6-16-17(8-12)24-10-23-16/h2-8H,10H2,1H3,(H,21,22)/b13-7+. The predicted molar refractivity (Wildman–Crippen MR) is 91.0 cm³/mol. The maximum Gasteiger partial charge on any atom is 0.266 e. The highest BCUT2D eigenvalue weighted by Gasteiger charge is 2.15. The van der Waals surface area contributed by atoms with Crippen LogP contribution in [-0.2, 0) is 4.79 Å². The highest BCUT2D eigenvalue weighted by Crippen LogP contribution is 2.33. The fourth-order valence-corrected chi connectivity index (χ4v) is 2.43. The van der Waals surface area contributed by atoms with E-state index < -0.39 is 5.91 Å². The van der Waals surface area contributed by atoms with Gasteiger partial charge in [0.2, 0.25) is 6.79 Å². The molecule has 6 heteroatoms. The maximum atomic E-state index is 12.3. The number of fused-ring (bicyclic) bond motifs is 1. The summed E-state index contributed by atoms with van der Waals surface area (Å²) in [5, 5.41) is 12.5. The molecule has 1 aliphatic rings. The van der Waals surface area contributed by atoms with Crippen LogP contribution in [0.2, 0.25) is 5.02 Å². The van der Waals surface area contributed by atoms with Crippen LogP contribution >= 0.6 is 11.6 Å². The number of nitriles is 1. The van der Waals surface area contributed by atoms with E-state index in [1.165, 1.54) is 6.08 Å². The van der Waals surface area contributed by atoms with Crippen LogP contribution in [0.3, 0.4) is 0 Å². The van der Waals surface area contributed by atoms with Gasteiger partial charge in [0.1, 0.15) is 11.6 Å². The minimum atomic E-state index is -0.500. The van der Waals surface area contributed by atoms with Crippen LogP contribution in [0.4, 0.5) is 5.69 Å². The number of ether oxygens (including phenoxy) is 2. The monoisotopic (exact) mass is 340 g/mol. The second kappa shape index (κ2) is 6.65. The molecule has 0 aromatic heterocycles. The molecular weight excluding hydrogens is 328 g/mol. The van der Waals surface area contributed by atoms with E-state index >= 15 is 0 Å². The van der Waals surface area contributed by atoms with Gasteiger partial charge in [0.15, 0.2) is 11.5 Å². The molecular formula is C18H13ClN2O3. The lowest BCUT2D eigenvalue weighted by Gasteiger charge is -2.09. The van der Waals surface area contributed by atoms with Gasteiger partial charge in [-0.25, -0.2) is 0 Å². The van der Waals surface area contributed by atoms with Gasteiger partial charge < -0.3 is 14.8 Å². The van der Waals surface area contributed by atoms with Crippen LogP contribution in [0.15, 0.2) is 42.0 Å². The highest BCUT2D eigenvalue weighted by atomic mass is 35.5. The van der Waals surface area contributed by atoms with Crippen LogP contribution in [0.25, 0.3) is 6.08 Å².